The molecule has 0 amide bonds. The molecule has 1 aliphatic heterocycles. The molecule has 0 aliphatic carbocycles. The van der Waals surface area contributed by atoms with Crippen LogP contribution in [0.4, 0.5) is 0 Å². The summed E-state index contributed by atoms with van der Waals surface area (Å²) >= 11 is 0. The van der Waals surface area contributed by atoms with Crippen LogP contribution in [0.25, 0.3) is 0 Å². The zero-order valence-electron chi connectivity index (χ0n) is 12.0. The van der Waals surface area contributed by atoms with Gasteiger partial charge in [-0.15, -0.1) is 0 Å². The van der Waals surface area contributed by atoms with Crippen LogP contribution in [-0.2, 0) is 10.0 Å². The molecule has 2 atom stereocenters. The zero-order valence-corrected chi connectivity index (χ0v) is 12.9. The molecule has 0 aromatic heterocycles. The van der Waals surface area contributed by atoms with Crippen LogP contribution in [0, 0.1) is 18.8 Å². The summed E-state index contributed by atoms with van der Waals surface area (Å²) in [5.74, 6) is 0.866. The highest BCUT2D eigenvalue weighted by Crippen LogP contribution is 2.30. The second-order valence-corrected chi connectivity index (χ2v) is 7.31. The van der Waals surface area contributed by atoms with Crippen molar-refractivity contribution in [3.8, 4) is 5.75 Å². The predicted octanol–water partition coefficient (Wildman–Crippen LogP) is 1.25. The first kappa shape index (κ1) is 15.3. The van der Waals surface area contributed by atoms with Crippen LogP contribution >= 0.6 is 0 Å². The molecule has 0 saturated carbocycles. The van der Waals surface area contributed by atoms with Gasteiger partial charge in [-0.05, 0) is 42.5 Å². The summed E-state index contributed by atoms with van der Waals surface area (Å²) in [5, 5.41) is 9.26. The maximum atomic E-state index is 12.6. The second-order valence-electron chi connectivity index (χ2n) is 5.37. The molecule has 1 aliphatic rings. The van der Waals surface area contributed by atoms with Gasteiger partial charge in [0.25, 0.3) is 0 Å². The first-order valence-corrected chi connectivity index (χ1v) is 8.09. The van der Waals surface area contributed by atoms with Gasteiger partial charge in [0.15, 0.2) is 0 Å². The van der Waals surface area contributed by atoms with E-state index in [0.717, 1.165) is 5.56 Å². The Morgan fingerprint density at radius 2 is 2.10 bits per heavy atom. The van der Waals surface area contributed by atoms with E-state index in [0.29, 0.717) is 18.8 Å². The molecular weight excluding hydrogens is 278 g/mol. The van der Waals surface area contributed by atoms with E-state index >= 15 is 0 Å². The predicted molar refractivity (Wildman–Crippen MR) is 76.2 cm³/mol. The molecule has 0 spiro atoms. The Balaban J connectivity index is 2.29. The fourth-order valence-corrected chi connectivity index (χ4v) is 4.26. The Morgan fingerprint density at radius 1 is 1.40 bits per heavy atom. The highest BCUT2D eigenvalue weighted by molar-refractivity contribution is 7.89. The van der Waals surface area contributed by atoms with E-state index in [2.05, 4.69) is 0 Å². The van der Waals surface area contributed by atoms with E-state index < -0.39 is 10.0 Å². The number of hydrogen-bond acceptors (Lipinski definition) is 4. The molecule has 0 bridgehead atoms. The molecule has 112 valence electrons. The third-order valence-corrected chi connectivity index (χ3v) is 5.80. The van der Waals surface area contributed by atoms with E-state index in [9.17, 15) is 13.5 Å². The molecule has 0 radical (unpaired) electrons. The van der Waals surface area contributed by atoms with Crippen molar-refractivity contribution in [3.05, 3.63) is 23.8 Å². The summed E-state index contributed by atoms with van der Waals surface area (Å²) in [7, 11) is -1.94. The topological polar surface area (TPSA) is 66.8 Å². The van der Waals surface area contributed by atoms with Crippen LogP contribution in [0.1, 0.15) is 12.5 Å². The van der Waals surface area contributed by atoms with Crippen LogP contribution in [0.5, 0.6) is 5.75 Å². The number of ether oxygens (including phenoxy) is 1. The van der Waals surface area contributed by atoms with E-state index in [1.807, 2.05) is 13.8 Å². The van der Waals surface area contributed by atoms with E-state index in [1.165, 1.54) is 4.31 Å². The number of rotatable bonds is 4. The summed E-state index contributed by atoms with van der Waals surface area (Å²) in [6.45, 7) is 4.65. The van der Waals surface area contributed by atoms with Gasteiger partial charge in [0.1, 0.15) is 5.75 Å². The molecular formula is C14H21NO4S. The largest absolute Gasteiger partial charge is 0.496 e. The van der Waals surface area contributed by atoms with Gasteiger partial charge in [0.05, 0.1) is 12.0 Å². The Labute approximate surface area is 120 Å². The Hall–Kier alpha value is -1.11. The van der Waals surface area contributed by atoms with Crippen molar-refractivity contribution in [2.45, 2.75) is 18.7 Å². The van der Waals surface area contributed by atoms with Crippen molar-refractivity contribution in [1.82, 2.24) is 4.31 Å². The van der Waals surface area contributed by atoms with Crippen molar-refractivity contribution in [1.29, 1.82) is 0 Å². The zero-order chi connectivity index (χ0) is 14.9. The van der Waals surface area contributed by atoms with E-state index in [-0.39, 0.29) is 23.3 Å². The highest BCUT2D eigenvalue weighted by Gasteiger charge is 2.36. The maximum Gasteiger partial charge on any atom is 0.243 e. The molecule has 0 unspecified atom stereocenters. The average Bonchev–Trinajstić information content (AvgIpc) is 2.80. The smallest absolute Gasteiger partial charge is 0.243 e. The van der Waals surface area contributed by atoms with Gasteiger partial charge in [0.2, 0.25) is 10.0 Å². The molecule has 1 saturated heterocycles. The minimum atomic E-state index is -3.50. The molecule has 1 aromatic carbocycles. The summed E-state index contributed by atoms with van der Waals surface area (Å²) in [4.78, 5) is 0.279. The number of aliphatic hydroxyl groups excluding tert-OH is 1. The number of sulfonamides is 1. The van der Waals surface area contributed by atoms with Gasteiger partial charge in [-0.3, -0.25) is 0 Å². The van der Waals surface area contributed by atoms with Gasteiger partial charge in [0, 0.05) is 19.7 Å². The first-order valence-electron chi connectivity index (χ1n) is 6.65. The van der Waals surface area contributed by atoms with Gasteiger partial charge in [-0.1, -0.05) is 6.92 Å². The van der Waals surface area contributed by atoms with Crippen LogP contribution in [0.15, 0.2) is 23.1 Å². The highest BCUT2D eigenvalue weighted by atomic mass is 32.2. The van der Waals surface area contributed by atoms with Crippen LogP contribution in [0.2, 0.25) is 0 Å². The second kappa shape index (κ2) is 5.71. The van der Waals surface area contributed by atoms with Gasteiger partial charge in [-0.2, -0.15) is 4.31 Å². The summed E-state index contributed by atoms with van der Waals surface area (Å²) in [5.41, 5.74) is 0.791. The number of methoxy groups -OCH3 is 1. The lowest BCUT2D eigenvalue weighted by Crippen LogP contribution is -2.29. The van der Waals surface area contributed by atoms with Gasteiger partial charge >= 0.3 is 0 Å². The number of benzene rings is 1. The van der Waals surface area contributed by atoms with Crippen molar-refractivity contribution in [2.24, 2.45) is 11.8 Å². The average molecular weight is 299 g/mol. The minimum Gasteiger partial charge on any atom is -0.496 e. The third kappa shape index (κ3) is 2.68. The van der Waals surface area contributed by atoms with Crippen molar-refractivity contribution >= 4 is 10.0 Å². The van der Waals surface area contributed by atoms with Gasteiger partial charge in [-0.25, -0.2) is 8.42 Å². The monoisotopic (exact) mass is 299 g/mol. The van der Waals surface area contributed by atoms with Crippen LogP contribution in [0.3, 0.4) is 0 Å². The number of hydrogen-bond donors (Lipinski definition) is 1. The van der Waals surface area contributed by atoms with E-state index in [1.54, 1.807) is 25.3 Å². The lowest BCUT2D eigenvalue weighted by Gasteiger charge is -2.17. The molecule has 1 N–H and O–H groups in total. The van der Waals surface area contributed by atoms with Crippen LogP contribution < -0.4 is 4.74 Å². The lowest BCUT2D eigenvalue weighted by atomic mass is 10.00. The number of aryl methyl sites for hydroxylation is 1. The summed E-state index contributed by atoms with van der Waals surface area (Å²) in [6, 6.07) is 4.87. The van der Waals surface area contributed by atoms with Gasteiger partial charge < -0.3 is 9.84 Å². The normalized spacial score (nSPS) is 24.0. The fraction of sp³-hybridized carbons (Fsp3) is 0.571. The molecule has 1 aromatic rings. The molecule has 1 heterocycles. The molecule has 1 fully saturated rings. The number of aliphatic hydroxyl groups is 1. The summed E-state index contributed by atoms with van der Waals surface area (Å²) in [6.07, 6.45) is 0. The third-order valence-electron chi connectivity index (χ3n) is 3.97. The standard InChI is InChI=1S/C14H21NO4S/c1-10-6-13(4-5-14(10)19-3)20(17,18)15-7-11(2)12(8-15)9-16/h4-6,11-12,16H,7-9H2,1-3H3/t11-,12+/m1/s1. The lowest BCUT2D eigenvalue weighted by molar-refractivity contribution is 0.210. The maximum absolute atomic E-state index is 12.6. The van der Waals surface area contributed by atoms with Crippen molar-refractivity contribution < 1.29 is 18.3 Å². The Kier molecular flexibility index (Phi) is 4.36. The van der Waals surface area contributed by atoms with Crippen LogP contribution in [-0.4, -0.2) is 44.6 Å². The quantitative estimate of drug-likeness (QED) is 0.908. The molecule has 6 heteroatoms. The summed E-state index contributed by atoms with van der Waals surface area (Å²) < 4.78 is 31.8. The minimum absolute atomic E-state index is 0.0177. The molecule has 20 heavy (non-hydrogen) atoms. The van der Waals surface area contributed by atoms with Crippen molar-refractivity contribution in [2.75, 3.05) is 26.8 Å². The first-order chi connectivity index (χ1) is 9.40. The van der Waals surface area contributed by atoms with Crippen molar-refractivity contribution in [3.63, 3.8) is 0 Å². The number of nitrogens with zero attached hydrogens (tertiary/aromatic N) is 1. The van der Waals surface area contributed by atoms with E-state index in [4.69, 9.17) is 4.74 Å². The fourth-order valence-electron chi connectivity index (χ4n) is 2.58. The Bertz CT molecular complexity index is 585. The SMILES string of the molecule is COc1ccc(S(=O)(=O)N2C[C@@H](CO)[C@H](C)C2)cc1C. The molecule has 5 nitrogen and oxygen atoms in total. The molecule has 2 rings (SSSR count). The Morgan fingerprint density at radius 3 is 2.60 bits per heavy atom.